The van der Waals surface area contributed by atoms with Crippen LogP contribution in [0.1, 0.15) is 4.88 Å². The summed E-state index contributed by atoms with van der Waals surface area (Å²) < 4.78 is 19.0. The second kappa shape index (κ2) is 11.3. The Balaban J connectivity index is 1.85. The molecule has 0 aliphatic heterocycles. The fraction of sp³-hybridized carbons (Fsp3) is 0.542. The standard InChI is InChI=1S/C24H37N3O4SSi2/c1-18-14-25-23(32-18)19-12-20-22(21(13-19)31-17-30-9-11-34(5,6)7)26-15-27(24(20)28)16-29-8-10-33(2,3)4/h12-15H,8-11,16-17H2,1-7H3. The molecule has 186 valence electrons. The van der Waals surface area contributed by atoms with Crippen molar-refractivity contribution in [1.29, 1.82) is 0 Å². The van der Waals surface area contributed by atoms with Crippen LogP contribution >= 0.6 is 11.3 Å². The fourth-order valence-electron chi connectivity index (χ4n) is 3.14. The fourth-order valence-corrected chi connectivity index (χ4v) is 5.40. The molecule has 0 unspecified atom stereocenters. The maximum absolute atomic E-state index is 13.3. The number of rotatable bonds is 12. The van der Waals surface area contributed by atoms with Gasteiger partial charge in [0.15, 0.2) is 6.79 Å². The molecule has 7 nitrogen and oxygen atoms in total. The van der Waals surface area contributed by atoms with E-state index in [4.69, 9.17) is 14.2 Å². The predicted molar refractivity (Wildman–Crippen MR) is 146 cm³/mol. The van der Waals surface area contributed by atoms with E-state index in [-0.39, 0.29) is 19.1 Å². The van der Waals surface area contributed by atoms with E-state index in [1.807, 2.05) is 25.3 Å². The van der Waals surface area contributed by atoms with Gasteiger partial charge in [0.2, 0.25) is 0 Å². The van der Waals surface area contributed by atoms with Gasteiger partial charge >= 0.3 is 0 Å². The molecule has 3 rings (SSSR count). The summed E-state index contributed by atoms with van der Waals surface area (Å²) in [4.78, 5) is 23.4. The lowest BCUT2D eigenvalue weighted by atomic mass is 10.1. The monoisotopic (exact) mass is 519 g/mol. The highest BCUT2D eigenvalue weighted by Crippen LogP contribution is 2.32. The Labute approximate surface area is 208 Å². The molecule has 0 aliphatic carbocycles. The third-order valence-corrected chi connectivity index (χ3v) is 9.65. The molecule has 0 N–H and O–H groups in total. The molecule has 0 aliphatic rings. The highest BCUT2D eigenvalue weighted by molar-refractivity contribution is 7.14. The maximum atomic E-state index is 13.3. The highest BCUT2D eigenvalue weighted by Gasteiger charge is 2.16. The number of fused-ring (bicyclic) bond motifs is 1. The van der Waals surface area contributed by atoms with Crippen molar-refractivity contribution >= 4 is 38.4 Å². The number of nitrogens with zero attached hydrogens (tertiary/aromatic N) is 3. The Morgan fingerprint density at radius 3 is 2.26 bits per heavy atom. The Kier molecular flexibility index (Phi) is 8.85. The third-order valence-electron chi connectivity index (χ3n) is 5.28. The van der Waals surface area contributed by atoms with Crippen LogP contribution in [-0.2, 0) is 16.2 Å². The number of ether oxygens (including phenoxy) is 3. The van der Waals surface area contributed by atoms with Gasteiger partial charge in [0.1, 0.15) is 29.3 Å². The lowest BCUT2D eigenvalue weighted by molar-refractivity contribution is 0.0228. The molecule has 0 spiro atoms. The number of aromatic nitrogens is 3. The van der Waals surface area contributed by atoms with Gasteiger partial charge in [-0.15, -0.1) is 11.3 Å². The molecule has 34 heavy (non-hydrogen) atoms. The number of aryl methyl sites for hydroxylation is 1. The Hall–Kier alpha value is -1.86. The summed E-state index contributed by atoms with van der Waals surface area (Å²) in [6.45, 7) is 17.5. The number of hydrogen-bond acceptors (Lipinski definition) is 7. The van der Waals surface area contributed by atoms with Crippen LogP contribution in [0.3, 0.4) is 0 Å². The molecule has 3 aromatic rings. The summed E-state index contributed by atoms with van der Waals surface area (Å²) in [5, 5.41) is 1.32. The first-order valence-electron chi connectivity index (χ1n) is 11.7. The Bertz CT molecular complexity index is 1170. The summed E-state index contributed by atoms with van der Waals surface area (Å²) in [5.41, 5.74) is 1.20. The van der Waals surface area contributed by atoms with Crippen molar-refractivity contribution in [3.05, 3.63) is 39.9 Å². The van der Waals surface area contributed by atoms with Crippen molar-refractivity contribution in [2.45, 2.75) is 65.0 Å². The molecular formula is C24H37N3O4SSi2. The van der Waals surface area contributed by atoms with E-state index in [0.717, 1.165) is 27.5 Å². The van der Waals surface area contributed by atoms with Gasteiger partial charge in [-0.05, 0) is 31.1 Å². The van der Waals surface area contributed by atoms with E-state index in [1.54, 1.807) is 11.3 Å². The highest BCUT2D eigenvalue weighted by atomic mass is 32.1. The second-order valence-corrected chi connectivity index (χ2v) is 23.5. The largest absolute Gasteiger partial charge is 0.465 e. The van der Waals surface area contributed by atoms with Gasteiger partial charge in [0.05, 0.1) is 5.39 Å². The molecule has 0 amide bonds. The number of hydrogen-bond donors (Lipinski definition) is 0. The molecule has 10 heteroatoms. The van der Waals surface area contributed by atoms with Gasteiger partial charge in [0.25, 0.3) is 5.56 Å². The Morgan fingerprint density at radius 1 is 0.971 bits per heavy atom. The van der Waals surface area contributed by atoms with Gasteiger partial charge < -0.3 is 14.2 Å². The molecule has 0 atom stereocenters. The van der Waals surface area contributed by atoms with E-state index in [0.29, 0.717) is 29.9 Å². The van der Waals surface area contributed by atoms with E-state index in [2.05, 4.69) is 49.3 Å². The minimum Gasteiger partial charge on any atom is -0.465 e. The first kappa shape index (κ1) is 26.7. The van der Waals surface area contributed by atoms with Crippen molar-refractivity contribution in [3.8, 4) is 16.3 Å². The second-order valence-electron chi connectivity index (χ2n) is 11.0. The van der Waals surface area contributed by atoms with Crippen LogP contribution in [0.25, 0.3) is 21.5 Å². The first-order valence-corrected chi connectivity index (χ1v) is 19.9. The summed E-state index contributed by atoms with van der Waals surface area (Å²) in [5.74, 6) is 0.525. The van der Waals surface area contributed by atoms with E-state index in [1.165, 1.54) is 10.9 Å². The average Bonchev–Trinajstić information content (AvgIpc) is 3.17. The van der Waals surface area contributed by atoms with Crippen molar-refractivity contribution in [1.82, 2.24) is 14.5 Å². The minimum absolute atomic E-state index is 0.116. The number of benzene rings is 1. The molecule has 0 saturated carbocycles. The van der Waals surface area contributed by atoms with Crippen molar-refractivity contribution in [2.24, 2.45) is 0 Å². The van der Waals surface area contributed by atoms with Crippen LogP contribution in [-0.4, -0.2) is 50.7 Å². The van der Waals surface area contributed by atoms with Crippen LogP contribution < -0.4 is 10.3 Å². The van der Waals surface area contributed by atoms with Gasteiger partial charge in [-0.25, -0.2) is 9.97 Å². The van der Waals surface area contributed by atoms with Crippen molar-refractivity contribution < 1.29 is 14.2 Å². The molecule has 0 saturated heterocycles. The lowest BCUT2D eigenvalue weighted by Crippen LogP contribution is -2.25. The topological polar surface area (TPSA) is 75.5 Å². The Morgan fingerprint density at radius 2 is 1.65 bits per heavy atom. The molecule has 0 radical (unpaired) electrons. The van der Waals surface area contributed by atoms with E-state index in [9.17, 15) is 4.79 Å². The zero-order valence-corrected chi connectivity index (χ0v) is 24.3. The van der Waals surface area contributed by atoms with Crippen LogP contribution in [0.15, 0.2) is 29.5 Å². The van der Waals surface area contributed by atoms with E-state index < -0.39 is 16.1 Å². The molecular weight excluding hydrogens is 483 g/mol. The maximum Gasteiger partial charge on any atom is 0.263 e. The van der Waals surface area contributed by atoms with Crippen LogP contribution in [0.4, 0.5) is 0 Å². The smallest absolute Gasteiger partial charge is 0.263 e. The van der Waals surface area contributed by atoms with Crippen LogP contribution in [0.2, 0.25) is 51.4 Å². The zero-order chi connectivity index (χ0) is 24.9. The average molecular weight is 520 g/mol. The third kappa shape index (κ3) is 7.84. The van der Waals surface area contributed by atoms with Crippen LogP contribution in [0, 0.1) is 6.92 Å². The molecule has 2 heterocycles. The van der Waals surface area contributed by atoms with Crippen LogP contribution in [0.5, 0.6) is 5.75 Å². The lowest BCUT2D eigenvalue weighted by Gasteiger charge is -2.17. The van der Waals surface area contributed by atoms with E-state index >= 15 is 0 Å². The first-order chi connectivity index (χ1) is 15.9. The number of thiazole rings is 1. The summed E-state index contributed by atoms with van der Waals surface area (Å²) in [6, 6.07) is 5.85. The normalized spacial score (nSPS) is 12.4. The molecule has 1 aromatic carbocycles. The summed E-state index contributed by atoms with van der Waals surface area (Å²) in [6.07, 6.45) is 3.36. The van der Waals surface area contributed by atoms with Gasteiger partial charge in [0, 0.05) is 46.0 Å². The summed E-state index contributed by atoms with van der Waals surface area (Å²) in [7, 11) is -2.37. The van der Waals surface area contributed by atoms with Crippen molar-refractivity contribution in [2.75, 3.05) is 20.0 Å². The van der Waals surface area contributed by atoms with Gasteiger partial charge in [-0.3, -0.25) is 9.36 Å². The van der Waals surface area contributed by atoms with Crippen molar-refractivity contribution in [3.63, 3.8) is 0 Å². The minimum atomic E-state index is -1.19. The summed E-state index contributed by atoms with van der Waals surface area (Å²) >= 11 is 1.58. The SMILES string of the molecule is Cc1cnc(-c2cc(OCOCC[Si](C)(C)C)c3ncn(COCC[Si](C)(C)C)c(=O)c3c2)s1. The molecule has 0 fully saturated rings. The quantitative estimate of drug-likeness (QED) is 0.170. The molecule has 0 bridgehead atoms. The van der Waals surface area contributed by atoms with Gasteiger partial charge in [-0.2, -0.15) is 0 Å². The predicted octanol–water partition coefficient (Wildman–Crippen LogP) is 5.83. The zero-order valence-electron chi connectivity index (χ0n) is 21.4. The molecule has 2 aromatic heterocycles. The van der Waals surface area contributed by atoms with Gasteiger partial charge in [-0.1, -0.05) is 39.3 Å².